The van der Waals surface area contributed by atoms with Gasteiger partial charge in [0.1, 0.15) is 23.0 Å². The molecule has 15 heteroatoms. The minimum atomic E-state index is -3.96. The molecule has 57 heavy (non-hydrogen) atoms. The topological polar surface area (TPSA) is 202 Å². The third-order valence-electron chi connectivity index (χ3n) is 9.22. The number of ether oxygens (including phenoxy) is 2. The normalized spacial score (nSPS) is 13.4. The molecule has 0 radical (unpaired) electrons. The highest BCUT2D eigenvalue weighted by Crippen LogP contribution is 2.35. The van der Waals surface area contributed by atoms with E-state index in [1.54, 1.807) is 0 Å². The maximum atomic E-state index is 13.4. The molecule has 0 fully saturated rings. The fraction of sp³-hybridized carbons (Fsp3) is 0. The fourth-order valence-electron chi connectivity index (χ4n) is 6.50. The van der Waals surface area contributed by atoms with Crippen LogP contribution in [0.1, 0.15) is 62.1 Å². The molecule has 6 aromatic rings. The molecule has 2 aliphatic heterocycles. The van der Waals surface area contributed by atoms with Crippen LogP contribution in [-0.4, -0.2) is 54.2 Å². The lowest BCUT2D eigenvalue weighted by atomic mass is 10.0. The van der Waals surface area contributed by atoms with Crippen molar-refractivity contribution < 1.29 is 56.9 Å². The van der Waals surface area contributed by atoms with E-state index in [9.17, 15) is 47.4 Å². The van der Waals surface area contributed by atoms with Gasteiger partial charge in [-0.2, -0.15) is 0 Å². The standard InChI is InChI=1S/C42H24N2O12S/c45-37-31-3-1-5-33(41(49)50)35(31)39(47)43(37)23-7-11-25(12-8-23)55-27-15-19-29(20-16-27)57(53,54)30-21-17-28(18-22-30)56-26-13-9-24(10-14-26)44-38(46)32-4-2-6-34(42(51)52)36(32)40(44)48/h1-22H,(H,49,50)(H,51,52). The van der Waals surface area contributed by atoms with Gasteiger partial charge in [-0.1, -0.05) is 12.1 Å². The van der Waals surface area contributed by atoms with E-state index < -0.39 is 45.4 Å². The Morgan fingerprint density at radius 2 is 0.754 bits per heavy atom. The Bertz CT molecular complexity index is 2630. The molecule has 0 bridgehead atoms. The van der Waals surface area contributed by atoms with Crippen LogP contribution in [0.15, 0.2) is 143 Å². The summed E-state index contributed by atoms with van der Waals surface area (Å²) in [7, 11) is -3.96. The van der Waals surface area contributed by atoms with E-state index in [0.717, 1.165) is 9.80 Å². The van der Waals surface area contributed by atoms with Gasteiger partial charge in [-0.25, -0.2) is 27.8 Å². The van der Waals surface area contributed by atoms with Crippen molar-refractivity contribution in [2.45, 2.75) is 9.79 Å². The number of sulfone groups is 1. The Balaban J connectivity index is 0.903. The molecule has 280 valence electrons. The number of hydrogen-bond acceptors (Lipinski definition) is 10. The van der Waals surface area contributed by atoms with Crippen LogP contribution >= 0.6 is 0 Å². The molecule has 4 amide bonds. The number of carboxylic acid groups (broad SMARTS) is 2. The number of benzene rings is 6. The minimum Gasteiger partial charge on any atom is -0.478 e. The van der Waals surface area contributed by atoms with Crippen LogP contribution in [0.3, 0.4) is 0 Å². The summed E-state index contributed by atoms with van der Waals surface area (Å²) in [6.07, 6.45) is 0. The zero-order chi connectivity index (χ0) is 40.2. The Labute approximate surface area is 322 Å². The van der Waals surface area contributed by atoms with Crippen LogP contribution in [0.4, 0.5) is 11.4 Å². The van der Waals surface area contributed by atoms with Crippen LogP contribution in [0.5, 0.6) is 23.0 Å². The Morgan fingerprint density at radius 1 is 0.439 bits per heavy atom. The second-order valence-corrected chi connectivity index (χ2v) is 14.5. The number of fused-ring (bicyclic) bond motifs is 2. The van der Waals surface area contributed by atoms with Gasteiger partial charge in [-0.3, -0.25) is 19.2 Å². The number of aromatic carboxylic acids is 2. The first-order chi connectivity index (χ1) is 27.3. The molecule has 0 unspecified atom stereocenters. The first kappa shape index (κ1) is 36.1. The number of carboxylic acids is 2. The lowest BCUT2D eigenvalue weighted by Gasteiger charge is -2.15. The van der Waals surface area contributed by atoms with Crippen LogP contribution in [0.25, 0.3) is 0 Å². The monoisotopic (exact) mass is 780 g/mol. The molecule has 14 nitrogen and oxygen atoms in total. The molecule has 0 spiro atoms. The third kappa shape index (κ3) is 6.23. The van der Waals surface area contributed by atoms with Crippen molar-refractivity contribution >= 4 is 56.8 Å². The largest absolute Gasteiger partial charge is 0.478 e. The van der Waals surface area contributed by atoms with Gasteiger partial charge in [0.15, 0.2) is 0 Å². The average molecular weight is 781 g/mol. The second kappa shape index (κ2) is 13.7. The van der Waals surface area contributed by atoms with Gasteiger partial charge in [-0.15, -0.1) is 0 Å². The first-order valence-electron chi connectivity index (χ1n) is 16.8. The molecule has 6 aromatic carbocycles. The van der Waals surface area contributed by atoms with Crippen molar-refractivity contribution in [1.82, 2.24) is 0 Å². The van der Waals surface area contributed by atoms with E-state index in [0.29, 0.717) is 23.0 Å². The summed E-state index contributed by atoms with van der Waals surface area (Å²) >= 11 is 0. The Hall–Kier alpha value is -7.91. The molecular formula is C42H24N2O12S. The van der Waals surface area contributed by atoms with Gasteiger partial charge in [-0.05, 0) is 121 Å². The number of hydrogen-bond donors (Lipinski definition) is 2. The van der Waals surface area contributed by atoms with Gasteiger partial charge >= 0.3 is 11.9 Å². The molecule has 8 rings (SSSR count). The Morgan fingerprint density at radius 3 is 1.07 bits per heavy atom. The molecule has 2 aliphatic rings. The molecule has 0 saturated carbocycles. The molecule has 2 N–H and O–H groups in total. The van der Waals surface area contributed by atoms with Crippen LogP contribution in [0.2, 0.25) is 0 Å². The highest BCUT2D eigenvalue weighted by molar-refractivity contribution is 7.91. The van der Waals surface area contributed by atoms with Gasteiger partial charge in [0, 0.05) is 0 Å². The Kier molecular flexibility index (Phi) is 8.70. The number of carbonyl (C=O) groups excluding carboxylic acids is 4. The predicted molar refractivity (Wildman–Crippen MR) is 200 cm³/mol. The van der Waals surface area contributed by atoms with Crippen molar-refractivity contribution in [3.8, 4) is 23.0 Å². The summed E-state index contributed by atoms with van der Waals surface area (Å²) in [5, 5.41) is 18.9. The van der Waals surface area contributed by atoms with Crippen molar-refractivity contribution in [2.75, 3.05) is 9.80 Å². The zero-order valence-electron chi connectivity index (χ0n) is 29.0. The summed E-state index contributed by atoms with van der Waals surface area (Å²) in [6, 6.07) is 31.4. The number of amides is 4. The summed E-state index contributed by atoms with van der Waals surface area (Å²) in [6.45, 7) is 0. The number of rotatable bonds is 10. The zero-order valence-corrected chi connectivity index (χ0v) is 29.8. The quantitative estimate of drug-likeness (QED) is 0.134. The maximum Gasteiger partial charge on any atom is 0.336 e. The van der Waals surface area contributed by atoms with Gasteiger partial charge in [0.25, 0.3) is 23.6 Å². The van der Waals surface area contributed by atoms with Crippen molar-refractivity contribution in [3.05, 3.63) is 167 Å². The summed E-state index contributed by atoms with van der Waals surface area (Å²) in [5.41, 5.74) is -0.485. The maximum absolute atomic E-state index is 13.4. The molecule has 0 aromatic heterocycles. The number of carbonyl (C=O) groups is 6. The predicted octanol–water partition coefficient (Wildman–Crippen LogP) is 7.10. The molecule has 0 aliphatic carbocycles. The summed E-state index contributed by atoms with van der Waals surface area (Å²) < 4.78 is 38.5. The summed E-state index contributed by atoms with van der Waals surface area (Å²) in [5.74, 6) is -4.22. The fourth-order valence-corrected chi connectivity index (χ4v) is 7.77. The third-order valence-corrected chi connectivity index (χ3v) is 11.0. The highest BCUT2D eigenvalue weighted by Gasteiger charge is 2.41. The molecule has 0 atom stereocenters. The van der Waals surface area contributed by atoms with Crippen molar-refractivity contribution in [2.24, 2.45) is 0 Å². The van der Waals surface area contributed by atoms with Crippen molar-refractivity contribution in [3.63, 3.8) is 0 Å². The first-order valence-corrected chi connectivity index (χ1v) is 18.3. The molecular weight excluding hydrogens is 757 g/mol. The molecule has 2 heterocycles. The van der Waals surface area contributed by atoms with Gasteiger partial charge in [0.2, 0.25) is 9.84 Å². The minimum absolute atomic E-state index is 0.00600. The van der Waals surface area contributed by atoms with Crippen LogP contribution in [0, 0.1) is 0 Å². The lowest BCUT2D eigenvalue weighted by molar-refractivity contribution is 0.0683. The smallest absolute Gasteiger partial charge is 0.336 e. The second-order valence-electron chi connectivity index (χ2n) is 12.6. The number of nitrogens with zero attached hydrogens (tertiary/aromatic N) is 2. The summed E-state index contributed by atoms with van der Waals surface area (Å²) in [4.78, 5) is 77.1. The average Bonchev–Trinajstić information content (AvgIpc) is 3.62. The van der Waals surface area contributed by atoms with Crippen LogP contribution < -0.4 is 19.3 Å². The number of imide groups is 2. The van der Waals surface area contributed by atoms with E-state index in [2.05, 4.69) is 0 Å². The van der Waals surface area contributed by atoms with E-state index >= 15 is 0 Å². The SMILES string of the molecule is O=C(O)c1cccc2c1C(=O)N(c1ccc(Oc3ccc(S(=O)(=O)c4ccc(Oc5ccc(N6C(=O)c7cccc(C(=O)O)c7C6=O)cc5)cc4)cc3)cc1)C2=O. The van der Waals surface area contributed by atoms with Crippen LogP contribution in [-0.2, 0) is 9.84 Å². The van der Waals surface area contributed by atoms with E-state index in [1.807, 2.05) is 0 Å². The van der Waals surface area contributed by atoms with E-state index in [1.165, 1.54) is 133 Å². The molecule has 0 saturated heterocycles. The van der Waals surface area contributed by atoms with E-state index in [-0.39, 0.29) is 54.5 Å². The number of anilines is 2. The van der Waals surface area contributed by atoms with Gasteiger partial charge < -0.3 is 19.7 Å². The van der Waals surface area contributed by atoms with Crippen molar-refractivity contribution in [1.29, 1.82) is 0 Å². The van der Waals surface area contributed by atoms with Gasteiger partial charge in [0.05, 0.1) is 54.5 Å². The lowest BCUT2D eigenvalue weighted by Crippen LogP contribution is -2.29. The highest BCUT2D eigenvalue weighted by atomic mass is 32.2. The van der Waals surface area contributed by atoms with E-state index in [4.69, 9.17) is 9.47 Å².